The molecular weight excluding hydrogens is 240 g/mol. The lowest BCUT2D eigenvalue weighted by molar-refractivity contribution is 0.396. The van der Waals surface area contributed by atoms with E-state index in [2.05, 4.69) is 25.9 Å². The molecule has 0 bridgehead atoms. The molecule has 5 heteroatoms. The lowest BCUT2D eigenvalue weighted by Gasteiger charge is -2.24. The average Bonchev–Trinajstić information content (AvgIpc) is 2.98. The highest BCUT2D eigenvalue weighted by Crippen LogP contribution is 2.33. The number of hydrogen-bond donors (Lipinski definition) is 0. The van der Waals surface area contributed by atoms with Gasteiger partial charge >= 0.3 is 0 Å². The smallest absolute Gasteiger partial charge is 0.229 e. The normalized spacial score (nSPS) is 18.6. The van der Waals surface area contributed by atoms with Crippen LogP contribution in [0.3, 0.4) is 0 Å². The molecule has 1 aliphatic rings. The predicted molar refractivity (Wildman–Crippen MR) is 72.1 cm³/mol. The lowest BCUT2D eigenvalue weighted by atomic mass is 10.1. The number of methoxy groups -OCH3 is 1. The SMILES string of the molecule is COc1ccnc(N2CCCC2c2ccccn2)n1. The number of hydrogen-bond acceptors (Lipinski definition) is 5. The van der Waals surface area contributed by atoms with Gasteiger partial charge in [-0.2, -0.15) is 4.98 Å². The zero-order valence-corrected chi connectivity index (χ0v) is 10.9. The molecule has 2 aromatic heterocycles. The molecular formula is C14H16N4O. The van der Waals surface area contributed by atoms with Crippen LogP contribution in [0.4, 0.5) is 5.95 Å². The van der Waals surface area contributed by atoms with Gasteiger partial charge in [0.2, 0.25) is 11.8 Å². The zero-order chi connectivity index (χ0) is 13.1. The van der Waals surface area contributed by atoms with Gasteiger partial charge in [-0.1, -0.05) is 6.07 Å². The molecule has 2 aromatic rings. The summed E-state index contributed by atoms with van der Waals surface area (Å²) in [7, 11) is 1.62. The van der Waals surface area contributed by atoms with Gasteiger partial charge in [-0.15, -0.1) is 0 Å². The highest BCUT2D eigenvalue weighted by molar-refractivity contribution is 5.37. The summed E-state index contributed by atoms with van der Waals surface area (Å²) in [4.78, 5) is 15.4. The van der Waals surface area contributed by atoms with E-state index < -0.39 is 0 Å². The minimum atomic E-state index is 0.258. The maximum absolute atomic E-state index is 5.16. The third kappa shape index (κ3) is 2.36. The molecule has 0 aromatic carbocycles. The Labute approximate surface area is 112 Å². The van der Waals surface area contributed by atoms with Crippen molar-refractivity contribution in [3.63, 3.8) is 0 Å². The summed E-state index contributed by atoms with van der Waals surface area (Å²) < 4.78 is 5.16. The van der Waals surface area contributed by atoms with Crippen molar-refractivity contribution in [1.29, 1.82) is 0 Å². The van der Waals surface area contributed by atoms with Crippen LogP contribution < -0.4 is 9.64 Å². The van der Waals surface area contributed by atoms with Crippen LogP contribution in [0.5, 0.6) is 5.88 Å². The van der Waals surface area contributed by atoms with E-state index in [1.54, 1.807) is 19.4 Å². The van der Waals surface area contributed by atoms with Gasteiger partial charge in [-0.3, -0.25) is 4.98 Å². The molecule has 3 heterocycles. The average molecular weight is 256 g/mol. The lowest BCUT2D eigenvalue weighted by Crippen LogP contribution is -2.25. The van der Waals surface area contributed by atoms with Crippen molar-refractivity contribution in [3.05, 3.63) is 42.4 Å². The monoisotopic (exact) mass is 256 g/mol. The Balaban J connectivity index is 1.90. The fraction of sp³-hybridized carbons (Fsp3) is 0.357. The molecule has 0 aliphatic carbocycles. The molecule has 1 fully saturated rings. The number of rotatable bonds is 3. The van der Waals surface area contributed by atoms with Crippen molar-refractivity contribution >= 4 is 5.95 Å². The first-order valence-corrected chi connectivity index (χ1v) is 6.43. The first-order chi connectivity index (χ1) is 9.38. The van der Waals surface area contributed by atoms with Crippen LogP contribution in [0.1, 0.15) is 24.6 Å². The molecule has 1 unspecified atom stereocenters. The number of anilines is 1. The molecule has 1 aliphatic heterocycles. The van der Waals surface area contributed by atoms with E-state index >= 15 is 0 Å². The Hall–Kier alpha value is -2.17. The fourth-order valence-electron chi connectivity index (χ4n) is 2.47. The Morgan fingerprint density at radius 3 is 2.95 bits per heavy atom. The van der Waals surface area contributed by atoms with Crippen LogP contribution >= 0.6 is 0 Å². The standard InChI is InChI=1S/C14H16N4O/c1-19-13-7-9-16-14(17-13)18-10-4-6-12(18)11-5-2-3-8-15-11/h2-3,5,7-9,12H,4,6,10H2,1H3. The van der Waals surface area contributed by atoms with Crippen LogP contribution in [-0.2, 0) is 0 Å². The van der Waals surface area contributed by atoms with Gasteiger partial charge in [0.05, 0.1) is 18.8 Å². The summed E-state index contributed by atoms with van der Waals surface area (Å²) in [5.41, 5.74) is 1.08. The van der Waals surface area contributed by atoms with Crippen molar-refractivity contribution < 1.29 is 4.74 Å². The maximum Gasteiger partial charge on any atom is 0.229 e. The van der Waals surface area contributed by atoms with Crippen molar-refractivity contribution in [2.45, 2.75) is 18.9 Å². The first kappa shape index (κ1) is 11.9. The van der Waals surface area contributed by atoms with Crippen LogP contribution in [0.15, 0.2) is 36.7 Å². The topological polar surface area (TPSA) is 51.1 Å². The van der Waals surface area contributed by atoms with Gasteiger partial charge in [-0.05, 0) is 25.0 Å². The fourth-order valence-corrected chi connectivity index (χ4v) is 2.47. The van der Waals surface area contributed by atoms with Gasteiger partial charge in [0, 0.05) is 25.0 Å². The summed E-state index contributed by atoms with van der Waals surface area (Å²) in [6, 6.07) is 8.03. The second-order valence-electron chi connectivity index (χ2n) is 4.51. The molecule has 1 saturated heterocycles. The van der Waals surface area contributed by atoms with Crippen LogP contribution in [-0.4, -0.2) is 28.6 Å². The number of pyridine rings is 1. The van der Waals surface area contributed by atoms with Crippen LogP contribution in [0.2, 0.25) is 0 Å². The van der Waals surface area contributed by atoms with Gasteiger partial charge in [0.1, 0.15) is 0 Å². The number of nitrogens with zero attached hydrogens (tertiary/aromatic N) is 4. The molecule has 1 atom stereocenters. The largest absolute Gasteiger partial charge is 0.481 e. The Morgan fingerprint density at radius 1 is 1.21 bits per heavy atom. The summed E-state index contributed by atoms with van der Waals surface area (Å²) in [5.74, 6) is 1.31. The number of aromatic nitrogens is 3. The van der Waals surface area contributed by atoms with Gasteiger partial charge in [0.15, 0.2) is 0 Å². The third-order valence-corrected chi connectivity index (χ3v) is 3.37. The first-order valence-electron chi connectivity index (χ1n) is 6.43. The Kier molecular flexibility index (Phi) is 3.27. The molecule has 19 heavy (non-hydrogen) atoms. The van der Waals surface area contributed by atoms with Crippen molar-refractivity contribution in [2.75, 3.05) is 18.6 Å². The highest BCUT2D eigenvalue weighted by atomic mass is 16.5. The minimum absolute atomic E-state index is 0.258. The summed E-state index contributed by atoms with van der Waals surface area (Å²) in [6.07, 6.45) is 5.77. The third-order valence-electron chi connectivity index (χ3n) is 3.37. The minimum Gasteiger partial charge on any atom is -0.481 e. The van der Waals surface area contributed by atoms with Gasteiger partial charge in [-0.25, -0.2) is 4.98 Å². The molecule has 0 saturated carbocycles. The van der Waals surface area contributed by atoms with E-state index in [1.807, 2.05) is 18.3 Å². The van der Waals surface area contributed by atoms with Gasteiger partial charge in [0.25, 0.3) is 0 Å². The molecule has 5 nitrogen and oxygen atoms in total. The summed E-state index contributed by atoms with van der Waals surface area (Å²) in [6.45, 7) is 0.953. The molecule has 3 rings (SSSR count). The second kappa shape index (κ2) is 5.22. The van der Waals surface area contributed by atoms with Crippen LogP contribution in [0, 0.1) is 0 Å². The summed E-state index contributed by atoms with van der Waals surface area (Å²) >= 11 is 0. The predicted octanol–water partition coefficient (Wildman–Crippen LogP) is 2.22. The van der Waals surface area contributed by atoms with Crippen molar-refractivity contribution in [3.8, 4) is 5.88 Å². The maximum atomic E-state index is 5.16. The van der Waals surface area contributed by atoms with Gasteiger partial charge < -0.3 is 9.64 Å². The van der Waals surface area contributed by atoms with Crippen molar-refractivity contribution in [1.82, 2.24) is 15.0 Å². The highest BCUT2D eigenvalue weighted by Gasteiger charge is 2.28. The van der Waals surface area contributed by atoms with Crippen molar-refractivity contribution in [2.24, 2.45) is 0 Å². The van der Waals surface area contributed by atoms with E-state index in [-0.39, 0.29) is 6.04 Å². The molecule has 98 valence electrons. The second-order valence-corrected chi connectivity index (χ2v) is 4.51. The molecule has 0 spiro atoms. The van der Waals surface area contributed by atoms with E-state index in [1.165, 1.54) is 0 Å². The Morgan fingerprint density at radius 2 is 2.16 bits per heavy atom. The van der Waals surface area contributed by atoms with E-state index in [0.29, 0.717) is 11.8 Å². The number of ether oxygens (including phenoxy) is 1. The Bertz CT molecular complexity index is 546. The molecule has 0 N–H and O–H groups in total. The van der Waals surface area contributed by atoms with E-state index in [9.17, 15) is 0 Å². The zero-order valence-electron chi connectivity index (χ0n) is 10.9. The quantitative estimate of drug-likeness (QED) is 0.842. The van der Waals surface area contributed by atoms with E-state index in [4.69, 9.17) is 4.74 Å². The molecule has 0 radical (unpaired) electrons. The van der Waals surface area contributed by atoms with Crippen LogP contribution in [0.25, 0.3) is 0 Å². The molecule has 0 amide bonds. The van der Waals surface area contributed by atoms with E-state index in [0.717, 1.165) is 25.1 Å². The summed E-state index contributed by atoms with van der Waals surface area (Å²) in [5, 5.41) is 0.